The highest BCUT2D eigenvalue weighted by atomic mass is 16.3. The van der Waals surface area contributed by atoms with Gasteiger partial charge < -0.3 is 9.73 Å². The molecule has 0 unspecified atom stereocenters. The van der Waals surface area contributed by atoms with Crippen LogP contribution in [0.3, 0.4) is 0 Å². The molecule has 1 N–H and O–H groups in total. The van der Waals surface area contributed by atoms with Crippen LogP contribution >= 0.6 is 0 Å². The first-order chi connectivity index (χ1) is 13.1. The van der Waals surface area contributed by atoms with E-state index in [9.17, 15) is 4.79 Å². The summed E-state index contributed by atoms with van der Waals surface area (Å²) in [5.41, 5.74) is 1.97. The molecular formula is C23H26N2O2. The summed E-state index contributed by atoms with van der Waals surface area (Å²) in [6.45, 7) is 2.41. The summed E-state index contributed by atoms with van der Waals surface area (Å²) < 4.78 is 5.78. The number of furan rings is 1. The fourth-order valence-electron chi connectivity index (χ4n) is 3.26. The Balaban J connectivity index is 1.80. The standard InChI is InChI=1S/C23H26N2O2/c1-17-14-15-21(27-17)20(25(2)3)16-24-23(26)22(18-10-6-4-7-11-18)19-12-8-5-9-13-19/h4-15,20,22H,16H2,1-3H3,(H,24,26)/t20-/m1/s1. The molecule has 0 bridgehead atoms. The lowest BCUT2D eigenvalue weighted by molar-refractivity contribution is -0.121. The van der Waals surface area contributed by atoms with Gasteiger partial charge in [0.1, 0.15) is 11.5 Å². The Kier molecular flexibility index (Phi) is 6.09. The van der Waals surface area contributed by atoms with Crippen LogP contribution in [0.2, 0.25) is 0 Å². The lowest BCUT2D eigenvalue weighted by Crippen LogP contribution is -2.37. The lowest BCUT2D eigenvalue weighted by Gasteiger charge is -2.24. The number of nitrogens with zero attached hydrogens (tertiary/aromatic N) is 1. The molecule has 4 nitrogen and oxygen atoms in total. The van der Waals surface area contributed by atoms with Crippen molar-refractivity contribution in [3.8, 4) is 0 Å². The van der Waals surface area contributed by atoms with Crippen molar-refractivity contribution in [2.75, 3.05) is 20.6 Å². The van der Waals surface area contributed by atoms with Crippen LogP contribution in [-0.2, 0) is 4.79 Å². The molecule has 1 amide bonds. The second kappa shape index (κ2) is 8.69. The molecule has 0 radical (unpaired) electrons. The van der Waals surface area contributed by atoms with Crippen LogP contribution < -0.4 is 5.32 Å². The molecule has 27 heavy (non-hydrogen) atoms. The Hall–Kier alpha value is -2.85. The van der Waals surface area contributed by atoms with Gasteiger partial charge in [-0.3, -0.25) is 9.69 Å². The molecule has 0 saturated heterocycles. The largest absolute Gasteiger partial charge is 0.465 e. The SMILES string of the molecule is Cc1ccc([C@@H](CNC(=O)C(c2ccccc2)c2ccccc2)N(C)C)o1. The number of amides is 1. The zero-order chi connectivity index (χ0) is 19.2. The molecule has 0 aliphatic heterocycles. The van der Waals surface area contributed by atoms with Gasteiger partial charge in [0.15, 0.2) is 0 Å². The molecule has 0 aliphatic rings. The van der Waals surface area contributed by atoms with Crippen molar-refractivity contribution in [1.29, 1.82) is 0 Å². The number of nitrogens with one attached hydrogen (secondary N) is 1. The zero-order valence-corrected chi connectivity index (χ0v) is 16.1. The van der Waals surface area contributed by atoms with E-state index < -0.39 is 0 Å². The van der Waals surface area contributed by atoms with Gasteiger partial charge in [-0.15, -0.1) is 0 Å². The maximum Gasteiger partial charge on any atom is 0.232 e. The minimum Gasteiger partial charge on any atom is -0.465 e. The number of hydrogen-bond donors (Lipinski definition) is 1. The Bertz CT molecular complexity index is 817. The first-order valence-electron chi connectivity index (χ1n) is 9.16. The van der Waals surface area contributed by atoms with Gasteiger partial charge in [-0.1, -0.05) is 60.7 Å². The summed E-state index contributed by atoms with van der Waals surface area (Å²) in [5.74, 6) is 1.37. The Labute approximate surface area is 160 Å². The van der Waals surface area contributed by atoms with E-state index in [0.29, 0.717) is 6.54 Å². The molecule has 0 saturated carbocycles. The Morgan fingerprint density at radius 2 is 1.48 bits per heavy atom. The molecule has 0 fully saturated rings. The van der Waals surface area contributed by atoms with Crippen LogP contribution in [0.5, 0.6) is 0 Å². The number of likely N-dealkylation sites (N-methyl/N-ethyl adjacent to an activating group) is 1. The van der Waals surface area contributed by atoms with Crippen LogP contribution in [0.1, 0.15) is 34.6 Å². The van der Waals surface area contributed by atoms with Crippen LogP contribution in [0.15, 0.2) is 77.2 Å². The first kappa shape index (κ1) is 18.9. The normalized spacial score (nSPS) is 12.3. The number of carbonyl (C=O) groups is 1. The smallest absolute Gasteiger partial charge is 0.232 e. The Morgan fingerprint density at radius 3 is 1.93 bits per heavy atom. The summed E-state index contributed by atoms with van der Waals surface area (Å²) in [7, 11) is 3.97. The number of hydrogen-bond acceptors (Lipinski definition) is 3. The van der Waals surface area contributed by atoms with Gasteiger partial charge in [0.2, 0.25) is 5.91 Å². The molecule has 1 heterocycles. The third kappa shape index (κ3) is 4.66. The average Bonchev–Trinajstić information content (AvgIpc) is 3.09. The van der Waals surface area contributed by atoms with Gasteiger partial charge in [0, 0.05) is 6.54 Å². The van der Waals surface area contributed by atoms with Crippen molar-refractivity contribution in [3.05, 3.63) is 95.4 Å². The highest BCUT2D eigenvalue weighted by molar-refractivity contribution is 5.87. The predicted octanol–water partition coefficient (Wildman–Crippen LogP) is 4.14. The highest BCUT2D eigenvalue weighted by Crippen LogP contribution is 2.26. The van der Waals surface area contributed by atoms with Crippen molar-refractivity contribution in [2.45, 2.75) is 18.9 Å². The van der Waals surface area contributed by atoms with Crippen LogP contribution in [0.25, 0.3) is 0 Å². The maximum absolute atomic E-state index is 13.1. The van der Waals surface area contributed by atoms with E-state index in [4.69, 9.17) is 4.42 Å². The molecule has 3 aromatic rings. The number of benzene rings is 2. The van der Waals surface area contributed by atoms with E-state index in [2.05, 4.69) is 10.2 Å². The van der Waals surface area contributed by atoms with E-state index in [1.165, 1.54) is 0 Å². The molecule has 3 rings (SSSR count). The van der Waals surface area contributed by atoms with Gasteiger partial charge >= 0.3 is 0 Å². The quantitative estimate of drug-likeness (QED) is 0.687. The topological polar surface area (TPSA) is 45.5 Å². The molecule has 1 atom stereocenters. The van der Waals surface area contributed by atoms with Crippen molar-refractivity contribution in [2.24, 2.45) is 0 Å². The minimum absolute atomic E-state index is 0.0115. The summed E-state index contributed by atoms with van der Waals surface area (Å²) in [5, 5.41) is 3.13. The van der Waals surface area contributed by atoms with Gasteiger partial charge in [-0.05, 0) is 44.3 Å². The second-order valence-corrected chi connectivity index (χ2v) is 6.93. The van der Waals surface area contributed by atoms with Crippen LogP contribution in [-0.4, -0.2) is 31.4 Å². The van der Waals surface area contributed by atoms with Crippen LogP contribution in [0.4, 0.5) is 0 Å². The Morgan fingerprint density at radius 1 is 0.926 bits per heavy atom. The third-order valence-electron chi connectivity index (χ3n) is 4.71. The molecular weight excluding hydrogens is 336 g/mol. The fourth-order valence-corrected chi connectivity index (χ4v) is 3.26. The maximum atomic E-state index is 13.1. The molecule has 0 spiro atoms. The van der Waals surface area contributed by atoms with Crippen molar-refractivity contribution in [3.63, 3.8) is 0 Å². The number of carbonyl (C=O) groups excluding carboxylic acids is 1. The summed E-state index contributed by atoms with van der Waals surface area (Å²) >= 11 is 0. The first-order valence-corrected chi connectivity index (χ1v) is 9.16. The van der Waals surface area contributed by atoms with E-state index in [1.54, 1.807) is 0 Å². The van der Waals surface area contributed by atoms with Crippen molar-refractivity contribution < 1.29 is 9.21 Å². The fraction of sp³-hybridized carbons (Fsp3) is 0.261. The number of aryl methyl sites for hydroxylation is 1. The summed E-state index contributed by atoms with van der Waals surface area (Å²) in [6.07, 6.45) is 0. The minimum atomic E-state index is -0.339. The average molecular weight is 362 g/mol. The predicted molar refractivity (Wildman–Crippen MR) is 108 cm³/mol. The summed E-state index contributed by atoms with van der Waals surface area (Å²) in [6, 6.07) is 23.7. The number of rotatable bonds is 7. The van der Waals surface area contributed by atoms with Crippen molar-refractivity contribution >= 4 is 5.91 Å². The van der Waals surface area contributed by atoms with Gasteiger partial charge in [0.05, 0.1) is 12.0 Å². The molecule has 1 aromatic heterocycles. The monoisotopic (exact) mass is 362 g/mol. The van der Waals surface area contributed by atoms with E-state index in [-0.39, 0.29) is 17.9 Å². The zero-order valence-electron chi connectivity index (χ0n) is 16.1. The highest BCUT2D eigenvalue weighted by Gasteiger charge is 2.25. The lowest BCUT2D eigenvalue weighted by atomic mass is 9.90. The summed E-state index contributed by atoms with van der Waals surface area (Å²) in [4.78, 5) is 15.2. The molecule has 0 aliphatic carbocycles. The second-order valence-electron chi connectivity index (χ2n) is 6.93. The molecule has 4 heteroatoms. The molecule has 140 valence electrons. The van der Waals surface area contributed by atoms with Crippen LogP contribution in [0, 0.1) is 6.92 Å². The van der Waals surface area contributed by atoms with Gasteiger partial charge in [-0.25, -0.2) is 0 Å². The third-order valence-corrected chi connectivity index (χ3v) is 4.71. The van der Waals surface area contributed by atoms with Gasteiger partial charge in [-0.2, -0.15) is 0 Å². The van der Waals surface area contributed by atoms with Crippen molar-refractivity contribution in [1.82, 2.24) is 10.2 Å². The van der Waals surface area contributed by atoms with Gasteiger partial charge in [0.25, 0.3) is 0 Å². The molecule has 2 aromatic carbocycles. The van der Waals surface area contributed by atoms with E-state index in [1.807, 2.05) is 93.8 Å². The van der Waals surface area contributed by atoms with E-state index >= 15 is 0 Å². The van der Waals surface area contributed by atoms with E-state index in [0.717, 1.165) is 22.6 Å².